The molecule has 3 radical (unpaired) electrons. The number of hydrogen-bond acceptors (Lipinski definition) is 0. The van der Waals surface area contributed by atoms with Gasteiger partial charge in [0.2, 0.25) is 0 Å². The van der Waals surface area contributed by atoms with E-state index in [9.17, 15) is 0 Å². The van der Waals surface area contributed by atoms with Crippen LogP contribution < -0.4 is 0 Å². The van der Waals surface area contributed by atoms with Crippen molar-refractivity contribution in [1.82, 2.24) is 0 Å². The van der Waals surface area contributed by atoms with Crippen molar-refractivity contribution < 1.29 is 0 Å². The molecule has 0 saturated heterocycles. The molecule has 0 aromatic rings. The van der Waals surface area contributed by atoms with Crippen LogP contribution in [0.3, 0.4) is 0 Å². The Morgan fingerprint density at radius 2 is 1.86 bits per heavy atom. The van der Waals surface area contributed by atoms with Gasteiger partial charge >= 0.3 is 58.6 Å². The Kier molecular flexibility index (Phi) is 2.50. The third-order valence-electron chi connectivity index (χ3n) is 1.76. The Morgan fingerprint density at radius 3 is 2.14 bits per heavy atom. The summed E-state index contributed by atoms with van der Waals surface area (Å²) < 4.78 is 1.51. The zero-order chi connectivity index (χ0) is 5.11. The van der Waals surface area contributed by atoms with Gasteiger partial charge in [-0.1, -0.05) is 0 Å². The normalized spacial score (nSPS) is 23.6. The third kappa shape index (κ3) is 1.63. The Labute approximate surface area is 58.8 Å². The summed E-state index contributed by atoms with van der Waals surface area (Å²) in [6, 6.07) is 0. The topological polar surface area (TPSA) is 0 Å². The molecule has 7 heavy (non-hydrogen) atoms. The van der Waals surface area contributed by atoms with Crippen molar-refractivity contribution in [3.05, 3.63) is 0 Å². The standard InChI is InChI=1S/C6H11.Sn/c1-6-4-2-3-5-6;/h6H,1-5H2;. The molecule has 0 N–H and O–H groups in total. The van der Waals surface area contributed by atoms with Gasteiger partial charge in [0.05, 0.1) is 0 Å². The fourth-order valence-electron chi connectivity index (χ4n) is 1.21. The second-order valence-electron chi connectivity index (χ2n) is 2.35. The molecule has 1 fully saturated rings. The molecule has 0 bridgehead atoms. The van der Waals surface area contributed by atoms with Crippen LogP contribution in [-0.2, 0) is 0 Å². The predicted octanol–water partition coefficient (Wildman–Crippen LogP) is 1.76. The van der Waals surface area contributed by atoms with E-state index >= 15 is 0 Å². The zero-order valence-corrected chi connectivity index (χ0v) is 7.47. The zero-order valence-electron chi connectivity index (χ0n) is 4.61. The van der Waals surface area contributed by atoms with Gasteiger partial charge in [0.1, 0.15) is 0 Å². The van der Waals surface area contributed by atoms with E-state index in [0.29, 0.717) is 0 Å². The fraction of sp³-hybridized carbons (Fsp3) is 1.00. The molecule has 1 aliphatic rings. The van der Waals surface area contributed by atoms with Gasteiger partial charge in [-0.25, -0.2) is 0 Å². The van der Waals surface area contributed by atoms with Crippen LogP contribution in [-0.4, -0.2) is 22.5 Å². The van der Waals surface area contributed by atoms with Crippen molar-refractivity contribution in [2.45, 2.75) is 30.1 Å². The third-order valence-corrected chi connectivity index (χ3v) is 3.41. The predicted molar refractivity (Wildman–Crippen MR) is 32.5 cm³/mol. The first kappa shape index (κ1) is 5.93. The molecule has 1 heteroatoms. The molecular formula is C6H11Sn. The molecule has 0 amide bonds. The van der Waals surface area contributed by atoms with E-state index in [4.69, 9.17) is 0 Å². The second kappa shape index (κ2) is 2.95. The van der Waals surface area contributed by atoms with Gasteiger partial charge in [0.15, 0.2) is 0 Å². The monoisotopic (exact) mass is 203 g/mol. The van der Waals surface area contributed by atoms with Crippen molar-refractivity contribution in [3.63, 3.8) is 0 Å². The van der Waals surface area contributed by atoms with Gasteiger partial charge in [-0.05, 0) is 0 Å². The molecule has 0 atom stereocenters. The van der Waals surface area contributed by atoms with E-state index in [1.54, 1.807) is 22.5 Å². The molecule has 0 unspecified atom stereocenters. The Bertz CT molecular complexity index is 46.1. The van der Waals surface area contributed by atoms with E-state index in [1.165, 1.54) is 30.1 Å². The van der Waals surface area contributed by atoms with Crippen molar-refractivity contribution in [2.24, 2.45) is 5.92 Å². The average molecular weight is 202 g/mol. The van der Waals surface area contributed by atoms with Crippen LogP contribution in [0.1, 0.15) is 25.7 Å². The van der Waals surface area contributed by atoms with E-state index in [1.807, 2.05) is 0 Å². The molecule has 0 aliphatic heterocycles. The average Bonchev–Trinajstić information content (AvgIpc) is 2.14. The summed E-state index contributed by atoms with van der Waals surface area (Å²) in [5.74, 6) is 1.14. The first-order chi connectivity index (χ1) is 3.43. The molecule has 0 heterocycles. The van der Waals surface area contributed by atoms with Crippen LogP contribution >= 0.6 is 0 Å². The molecule has 0 spiro atoms. The molecule has 0 nitrogen and oxygen atoms in total. The van der Waals surface area contributed by atoms with E-state index in [0.717, 1.165) is 5.92 Å². The van der Waals surface area contributed by atoms with Crippen LogP contribution in [0.25, 0.3) is 0 Å². The van der Waals surface area contributed by atoms with Crippen molar-refractivity contribution in [3.8, 4) is 0 Å². The molecule has 0 aromatic heterocycles. The summed E-state index contributed by atoms with van der Waals surface area (Å²) in [5, 5.41) is 0. The number of rotatable bonds is 1. The quantitative estimate of drug-likeness (QED) is 0.568. The summed E-state index contributed by atoms with van der Waals surface area (Å²) in [6.07, 6.45) is 6.09. The van der Waals surface area contributed by atoms with Crippen LogP contribution in [0.2, 0.25) is 4.44 Å². The van der Waals surface area contributed by atoms with Gasteiger partial charge in [-0.3, -0.25) is 0 Å². The number of hydrogen-bond donors (Lipinski definition) is 0. The summed E-state index contributed by atoms with van der Waals surface area (Å²) >= 11 is 1.74. The summed E-state index contributed by atoms with van der Waals surface area (Å²) in [4.78, 5) is 0. The van der Waals surface area contributed by atoms with Crippen molar-refractivity contribution >= 4 is 22.5 Å². The van der Waals surface area contributed by atoms with Crippen LogP contribution in [0.5, 0.6) is 0 Å². The van der Waals surface area contributed by atoms with E-state index in [-0.39, 0.29) is 0 Å². The van der Waals surface area contributed by atoms with Crippen LogP contribution in [0.15, 0.2) is 0 Å². The minimum absolute atomic E-state index is 1.14. The van der Waals surface area contributed by atoms with Crippen LogP contribution in [0, 0.1) is 5.92 Å². The molecule has 1 aliphatic carbocycles. The van der Waals surface area contributed by atoms with Crippen molar-refractivity contribution in [2.75, 3.05) is 0 Å². The first-order valence-electron chi connectivity index (χ1n) is 3.08. The summed E-state index contributed by atoms with van der Waals surface area (Å²) in [7, 11) is 0. The van der Waals surface area contributed by atoms with Crippen molar-refractivity contribution in [1.29, 1.82) is 0 Å². The van der Waals surface area contributed by atoms with Gasteiger partial charge in [0, 0.05) is 0 Å². The van der Waals surface area contributed by atoms with Crippen LogP contribution in [0.4, 0.5) is 0 Å². The Hall–Kier alpha value is 0.799. The molecule has 0 aromatic carbocycles. The van der Waals surface area contributed by atoms with Gasteiger partial charge in [-0.2, -0.15) is 0 Å². The molecule has 39 valence electrons. The summed E-state index contributed by atoms with van der Waals surface area (Å²) in [6.45, 7) is 0. The molecular weight excluding hydrogens is 191 g/mol. The SMILES string of the molecule is [Sn][CH2]C1CCCC1. The minimum atomic E-state index is 1.14. The molecule has 1 rings (SSSR count). The molecule has 1 saturated carbocycles. The second-order valence-corrected chi connectivity index (χ2v) is 3.52. The van der Waals surface area contributed by atoms with Gasteiger partial charge in [-0.15, -0.1) is 0 Å². The summed E-state index contributed by atoms with van der Waals surface area (Å²) in [5.41, 5.74) is 0. The Morgan fingerprint density at radius 1 is 1.29 bits per heavy atom. The maximum atomic E-state index is 1.74. The van der Waals surface area contributed by atoms with E-state index in [2.05, 4.69) is 0 Å². The fourth-order valence-corrected chi connectivity index (χ4v) is 2.38. The first-order valence-corrected chi connectivity index (χ1v) is 5.10. The van der Waals surface area contributed by atoms with E-state index < -0.39 is 0 Å². The van der Waals surface area contributed by atoms with Gasteiger partial charge < -0.3 is 0 Å². The Balaban J connectivity index is 2.14. The van der Waals surface area contributed by atoms with Gasteiger partial charge in [0.25, 0.3) is 0 Å². The maximum absolute atomic E-state index is 1.74.